The number of hydrogen-bond acceptors (Lipinski definition) is 2. The molecule has 0 saturated carbocycles. The van der Waals surface area contributed by atoms with Crippen LogP contribution in [-0.4, -0.2) is 7.05 Å². The van der Waals surface area contributed by atoms with Crippen molar-refractivity contribution in [3.63, 3.8) is 0 Å². The minimum atomic E-state index is 0.830. The molecule has 0 atom stereocenters. The van der Waals surface area contributed by atoms with Gasteiger partial charge in [-0.1, -0.05) is 25.3 Å². The van der Waals surface area contributed by atoms with Crippen molar-refractivity contribution in [3.8, 4) is 0 Å². The number of allylic oxidation sites excluding steroid dienone is 3. The molecule has 11 heavy (non-hydrogen) atoms. The summed E-state index contributed by atoms with van der Waals surface area (Å²) in [7, 11) is 1.83. The summed E-state index contributed by atoms with van der Waals surface area (Å²) in [5, 5.41) is 5.80. The van der Waals surface area contributed by atoms with Gasteiger partial charge in [0.25, 0.3) is 0 Å². The average Bonchev–Trinajstić information content (AvgIpc) is 2.01. The first-order chi connectivity index (χ1) is 5.31. The molecule has 0 aliphatic carbocycles. The van der Waals surface area contributed by atoms with Gasteiger partial charge in [-0.15, -0.1) is 0 Å². The zero-order chi connectivity index (χ0) is 8.53. The smallest absolute Gasteiger partial charge is 0.0307 e. The van der Waals surface area contributed by atoms with E-state index in [9.17, 15) is 0 Å². The molecule has 0 aliphatic heterocycles. The third-order valence-electron chi connectivity index (χ3n) is 0.952. The molecule has 0 aromatic rings. The van der Waals surface area contributed by atoms with Crippen molar-refractivity contribution in [2.75, 3.05) is 7.05 Å². The molecular formula is C9H14N2. The van der Waals surface area contributed by atoms with E-state index in [-0.39, 0.29) is 0 Å². The first-order valence-corrected chi connectivity index (χ1v) is 3.38. The molecule has 0 radical (unpaired) electrons. The lowest BCUT2D eigenvalue weighted by Crippen LogP contribution is -2.03. The second-order valence-corrected chi connectivity index (χ2v) is 1.89. The Morgan fingerprint density at radius 3 is 2.64 bits per heavy atom. The molecule has 0 spiro atoms. The van der Waals surface area contributed by atoms with Crippen LogP contribution < -0.4 is 10.6 Å². The predicted octanol–water partition coefficient (Wildman–Crippen LogP) is 1.52. The lowest BCUT2D eigenvalue weighted by atomic mass is 10.4. The van der Waals surface area contributed by atoms with E-state index in [1.54, 1.807) is 18.5 Å². The third kappa shape index (κ3) is 6.45. The van der Waals surface area contributed by atoms with Crippen molar-refractivity contribution >= 4 is 0 Å². The molecule has 60 valence electrons. The van der Waals surface area contributed by atoms with Crippen molar-refractivity contribution in [1.29, 1.82) is 0 Å². The lowest BCUT2D eigenvalue weighted by Gasteiger charge is -1.96. The molecule has 0 saturated heterocycles. The van der Waals surface area contributed by atoms with Gasteiger partial charge < -0.3 is 10.6 Å². The summed E-state index contributed by atoms with van der Waals surface area (Å²) >= 11 is 0. The quantitative estimate of drug-likeness (QED) is 0.581. The minimum absolute atomic E-state index is 0.830. The van der Waals surface area contributed by atoms with E-state index >= 15 is 0 Å². The Bertz CT molecular complexity index is 178. The van der Waals surface area contributed by atoms with Gasteiger partial charge >= 0.3 is 0 Å². The molecule has 2 nitrogen and oxygen atoms in total. The minimum Gasteiger partial charge on any atom is -0.393 e. The zero-order valence-corrected chi connectivity index (χ0v) is 6.80. The summed E-state index contributed by atoms with van der Waals surface area (Å²) in [6.45, 7) is 7.28. The van der Waals surface area contributed by atoms with Crippen LogP contribution in [0.3, 0.4) is 0 Å². The third-order valence-corrected chi connectivity index (χ3v) is 0.952. The Hall–Kier alpha value is -1.44. The lowest BCUT2D eigenvalue weighted by molar-refractivity contribution is 1.04. The monoisotopic (exact) mass is 150 g/mol. The fourth-order valence-corrected chi connectivity index (χ4v) is 0.464. The number of nitrogens with one attached hydrogen (secondary N) is 2. The maximum absolute atomic E-state index is 3.74. The van der Waals surface area contributed by atoms with E-state index in [1.165, 1.54) is 0 Å². The molecule has 0 bridgehead atoms. The highest BCUT2D eigenvalue weighted by atomic mass is 14.9. The van der Waals surface area contributed by atoms with E-state index in [2.05, 4.69) is 23.8 Å². The van der Waals surface area contributed by atoms with Crippen LogP contribution in [-0.2, 0) is 0 Å². The standard InChI is InChI=1S/C9H14N2/c1-4-5-6-9(2)11-8-7-10-3/h4-8,10-11H,1-2H2,3H3/b6-5-,8-7-. The first-order valence-electron chi connectivity index (χ1n) is 3.38. The predicted molar refractivity (Wildman–Crippen MR) is 49.8 cm³/mol. The van der Waals surface area contributed by atoms with Gasteiger partial charge in [0, 0.05) is 25.1 Å². The normalized spacial score (nSPS) is 10.3. The summed E-state index contributed by atoms with van der Waals surface area (Å²) in [6, 6.07) is 0. The van der Waals surface area contributed by atoms with E-state index in [1.807, 2.05) is 19.2 Å². The Labute approximate surface area is 68.0 Å². The van der Waals surface area contributed by atoms with Crippen LogP contribution in [0.15, 0.2) is 49.5 Å². The maximum atomic E-state index is 3.74. The van der Waals surface area contributed by atoms with E-state index in [0.717, 1.165) is 5.70 Å². The van der Waals surface area contributed by atoms with Gasteiger partial charge in [0.1, 0.15) is 0 Å². The van der Waals surface area contributed by atoms with Gasteiger partial charge in [-0.3, -0.25) is 0 Å². The molecule has 0 fully saturated rings. The second kappa shape index (κ2) is 6.68. The SMILES string of the molecule is C=C/C=C\C(=C)N/C=C\NC. The molecule has 0 aromatic heterocycles. The average molecular weight is 150 g/mol. The fourth-order valence-electron chi connectivity index (χ4n) is 0.464. The Balaban J connectivity index is 3.61. The fraction of sp³-hybridized carbons (Fsp3) is 0.111. The molecule has 0 aromatic carbocycles. The summed E-state index contributed by atoms with van der Waals surface area (Å²) in [5.74, 6) is 0. The highest BCUT2D eigenvalue weighted by Crippen LogP contribution is 1.86. The van der Waals surface area contributed by atoms with Gasteiger partial charge in [0.15, 0.2) is 0 Å². The molecule has 0 heterocycles. The number of rotatable bonds is 5. The van der Waals surface area contributed by atoms with Crippen molar-refractivity contribution in [1.82, 2.24) is 10.6 Å². The van der Waals surface area contributed by atoms with Gasteiger partial charge in [0.2, 0.25) is 0 Å². The molecule has 0 aliphatic rings. The summed E-state index contributed by atoms with van der Waals surface area (Å²) in [6.07, 6.45) is 8.92. The van der Waals surface area contributed by atoms with Crippen LogP contribution >= 0.6 is 0 Å². The van der Waals surface area contributed by atoms with E-state index < -0.39 is 0 Å². The van der Waals surface area contributed by atoms with Gasteiger partial charge in [-0.25, -0.2) is 0 Å². The topological polar surface area (TPSA) is 24.1 Å². The van der Waals surface area contributed by atoms with Gasteiger partial charge in [-0.2, -0.15) is 0 Å². The molecule has 0 unspecified atom stereocenters. The van der Waals surface area contributed by atoms with Crippen molar-refractivity contribution in [2.24, 2.45) is 0 Å². The van der Waals surface area contributed by atoms with E-state index in [4.69, 9.17) is 0 Å². The molecule has 2 heteroatoms. The Kier molecular flexibility index (Phi) is 5.80. The van der Waals surface area contributed by atoms with Crippen molar-refractivity contribution in [3.05, 3.63) is 49.5 Å². The summed E-state index contributed by atoms with van der Waals surface area (Å²) in [4.78, 5) is 0. The maximum Gasteiger partial charge on any atom is 0.0307 e. The van der Waals surface area contributed by atoms with Crippen molar-refractivity contribution in [2.45, 2.75) is 0 Å². The van der Waals surface area contributed by atoms with Crippen LogP contribution in [0.1, 0.15) is 0 Å². The van der Waals surface area contributed by atoms with Crippen LogP contribution in [0.2, 0.25) is 0 Å². The van der Waals surface area contributed by atoms with Crippen molar-refractivity contribution < 1.29 is 0 Å². The van der Waals surface area contributed by atoms with Gasteiger partial charge in [-0.05, 0) is 6.08 Å². The van der Waals surface area contributed by atoms with E-state index in [0.29, 0.717) is 0 Å². The molecule has 0 rings (SSSR count). The number of hydrogen-bond donors (Lipinski definition) is 2. The highest BCUT2D eigenvalue weighted by molar-refractivity contribution is 5.17. The summed E-state index contributed by atoms with van der Waals surface area (Å²) < 4.78 is 0. The Morgan fingerprint density at radius 2 is 2.09 bits per heavy atom. The van der Waals surface area contributed by atoms with Crippen LogP contribution in [0.4, 0.5) is 0 Å². The van der Waals surface area contributed by atoms with Gasteiger partial charge in [0.05, 0.1) is 0 Å². The summed E-state index contributed by atoms with van der Waals surface area (Å²) in [5.41, 5.74) is 0.830. The second-order valence-electron chi connectivity index (χ2n) is 1.89. The van der Waals surface area contributed by atoms with Crippen LogP contribution in [0, 0.1) is 0 Å². The van der Waals surface area contributed by atoms with Crippen LogP contribution in [0.5, 0.6) is 0 Å². The highest BCUT2D eigenvalue weighted by Gasteiger charge is 1.77. The molecule has 2 N–H and O–H groups in total. The molecular weight excluding hydrogens is 136 g/mol. The first kappa shape index (κ1) is 9.56. The largest absolute Gasteiger partial charge is 0.393 e. The van der Waals surface area contributed by atoms with Crippen LogP contribution in [0.25, 0.3) is 0 Å². The zero-order valence-electron chi connectivity index (χ0n) is 6.80. The Morgan fingerprint density at radius 1 is 1.36 bits per heavy atom. The molecule has 0 amide bonds.